The van der Waals surface area contributed by atoms with Crippen LogP contribution in [-0.2, 0) is 9.53 Å². The Morgan fingerprint density at radius 1 is 1.41 bits per heavy atom. The zero-order chi connectivity index (χ0) is 12.9. The molecule has 0 heterocycles. The fourth-order valence-electron chi connectivity index (χ4n) is 1.57. The molecule has 17 heavy (non-hydrogen) atoms. The van der Waals surface area contributed by atoms with Crippen molar-refractivity contribution in [3.05, 3.63) is 30.3 Å². The van der Waals surface area contributed by atoms with Crippen molar-refractivity contribution in [2.75, 3.05) is 5.32 Å². The largest absolute Gasteiger partial charge is 0.365 e. The molecular weight excluding hydrogens is 218 g/mol. The van der Waals surface area contributed by atoms with Gasteiger partial charge >= 0.3 is 0 Å². The first-order valence-corrected chi connectivity index (χ1v) is 5.64. The highest BCUT2D eigenvalue weighted by Crippen LogP contribution is 2.15. The predicted octanol–water partition coefficient (Wildman–Crippen LogP) is 2.15. The van der Waals surface area contributed by atoms with Gasteiger partial charge in [-0.15, -0.1) is 0 Å². The number of para-hydroxylation sites is 1. The van der Waals surface area contributed by atoms with Crippen molar-refractivity contribution in [1.29, 1.82) is 0 Å². The average Bonchev–Trinajstić information content (AvgIpc) is 2.15. The number of carbonyl (C=O) groups excluding carboxylic acids is 1. The highest BCUT2D eigenvalue weighted by Gasteiger charge is 2.26. The van der Waals surface area contributed by atoms with E-state index in [1.807, 2.05) is 32.0 Å². The topological polar surface area (TPSA) is 58.6 Å². The van der Waals surface area contributed by atoms with Gasteiger partial charge in [-0.1, -0.05) is 18.2 Å². The van der Waals surface area contributed by atoms with Crippen LogP contribution in [-0.4, -0.2) is 22.9 Å². The number of nitrogens with one attached hydrogen (secondary N) is 1. The van der Waals surface area contributed by atoms with Crippen LogP contribution in [0.2, 0.25) is 0 Å². The summed E-state index contributed by atoms with van der Waals surface area (Å²) < 4.78 is 5.24. The van der Waals surface area contributed by atoms with E-state index >= 15 is 0 Å². The zero-order valence-electron chi connectivity index (χ0n) is 10.4. The zero-order valence-corrected chi connectivity index (χ0v) is 10.4. The van der Waals surface area contributed by atoms with E-state index in [0.29, 0.717) is 5.69 Å². The van der Waals surface area contributed by atoms with E-state index in [-0.39, 0.29) is 18.4 Å². The number of anilines is 1. The molecule has 1 amide bonds. The third-order valence-corrected chi connectivity index (χ3v) is 2.04. The molecule has 0 fully saturated rings. The molecule has 4 heteroatoms. The van der Waals surface area contributed by atoms with Gasteiger partial charge in [0.1, 0.15) is 0 Å². The van der Waals surface area contributed by atoms with Crippen molar-refractivity contribution in [3.8, 4) is 0 Å². The lowest BCUT2D eigenvalue weighted by molar-refractivity contribution is -0.212. The van der Waals surface area contributed by atoms with Gasteiger partial charge in [-0.2, -0.15) is 0 Å². The van der Waals surface area contributed by atoms with E-state index in [1.165, 1.54) is 6.92 Å². The standard InChI is InChI=1S/C13H19NO3/c1-10(2)17-13(3,16)9-12(15)14-11-7-5-4-6-8-11/h4-8,10,16H,9H2,1-3H3,(H,14,15). The number of benzene rings is 1. The molecule has 0 bridgehead atoms. The Morgan fingerprint density at radius 3 is 2.53 bits per heavy atom. The van der Waals surface area contributed by atoms with Crippen LogP contribution in [0.4, 0.5) is 5.69 Å². The van der Waals surface area contributed by atoms with Crippen molar-refractivity contribution in [1.82, 2.24) is 0 Å². The number of rotatable bonds is 5. The van der Waals surface area contributed by atoms with Crippen LogP contribution in [0, 0.1) is 0 Å². The first kappa shape index (κ1) is 13.7. The second-order valence-corrected chi connectivity index (χ2v) is 4.43. The molecule has 0 spiro atoms. The molecule has 0 saturated carbocycles. The SMILES string of the molecule is CC(C)OC(C)(O)CC(=O)Nc1ccccc1. The molecule has 0 saturated heterocycles. The summed E-state index contributed by atoms with van der Waals surface area (Å²) in [7, 11) is 0. The maximum Gasteiger partial charge on any atom is 0.229 e. The van der Waals surface area contributed by atoms with Crippen molar-refractivity contribution in [2.45, 2.75) is 39.1 Å². The van der Waals surface area contributed by atoms with Crippen LogP contribution < -0.4 is 5.32 Å². The Morgan fingerprint density at radius 2 is 2.00 bits per heavy atom. The van der Waals surface area contributed by atoms with Crippen LogP contribution in [0.5, 0.6) is 0 Å². The summed E-state index contributed by atoms with van der Waals surface area (Å²) in [4.78, 5) is 11.7. The molecule has 1 rings (SSSR count). The molecule has 1 atom stereocenters. The molecule has 1 aromatic carbocycles. The number of hydrogen-bond acceptors (Lipinski definition) is 3. The molecule has 1 aromatic rings. The normalized spacial score (nSPS) is 14.4. The fraction of sp³-hybridized carbons (Fsp3) is 0.462. The first-order valence-electron chi connectivity index (χ1n) is 5.64. The summed E-state index contributed by atoms with van der Waals surface area (Å²) in [6.45, 7) is 5.10. The molecular formula is C13H19NO3. The molecule has 0 aliphatic rings. The summed E-state index contributed by atoms with van der Waals surface area (Å²) in [6.07, 6.45) is -0.227. The Hall–Kier alpha value is -1.39. The lowest BCUT2D eigenvalue weighted by atomic mass is 10.2. The second-order valence-electron chi connectivity index (χ2n) is 4.43. The van der Waals surface area contributed by atoms with Gasteiger partial charge in [0, 0.05) is 5.69 Å². The fourth-order valence-corrected chi connectivity index (χ4v) is 1.57. The summed E-state index contributed by atoms with van der Waals surface area (Å²) in [5.41, 5.74) is 0.706. The number of carbonyl (C=O) groups is 1. The van der Waals surface area contributed by atoms with Gasteiger partial charge < -0.3 is 15.2 Å². The summed E-state index contributed by atoms with van der Waals surface area (Å²) >= 11 is 0. The minimum Gasteiger partial charge on any atom is -0.365 e. The molecule has 0 aromatic heterocycles. The van der Waals surface area contributed by atoms with Crippen LogP contribution in [0.15, 0.2) is 30.3 Å². The molecule has 2 N–H and O–H groups in total. The van der Waals surface area contributed by atoms with E-state index < -0.39 is 5.79 Å². The second kappa shape index (κ2) is 5.80. The van der Waals surface area contributed by atoms with Crippen LogP contribution in [0.1, 0.15) is 27.2 Å². The van der Waals surface area contributed by atoms with E-state index in [2.05, 4.69) is 5.32 Å². The minimum atomic E-state index is -1.44. The first-order chi connectivity index (χ1) is 7.89. The minimum absolute atomic E-state index is 0.0971. The van der Waals surface area contributed by atoms with Crippen molar-refractivity contribution >= 4 is 11.6 Å². The van der Waals surface area contributed by atoms with Crippen LogP contribution in [0.25, 0.3) is 0 Å². The van der Waals surface area contributed by atoms with E-state index in [1.54, 1.807) is 12.1 Å². The summed E-state index contributed by atoms with van der Waals surface area (Å²) in [6, 6.07) is 9.11. The summed E-state index contributed by atoms with van der Waals surface area (Å²) in [5, 5.41) is 12.5. The van der Waals surface area contributed by atoms with Crippen LogP contribution in [0.3, 0.4) is 0 Å². The van der Waals surface area contributed by atoms with Gasteiger partial charge in [-0.25, -0.2) is 0 Å². The molecule has 0 aliphatic carbocycles. The Bertz CT molecular complexity index is 360. The quantitative estimate of drug-likeness (QED) is 0.771. The van der Waals surface area contributed by atoms with Gasteiger partial charge in [0.15, 0.2) is 5.79 Å². The predicted molar refractivity (Wildman–Crippen MR) is 66.5 cm³/mol. The molecule has 0 aliphatic heterocycles. The Balaban J connectivity index is 2.50. The van der Waals surface area contributed by atoms with Gasteiger partial charge in [-0.05, 0) is 32.9 Å². The average molecular weight is 237 g/mol. The number of hydrogen-bond donors (Lipinski definition) is 2. The van der Waals surface area contributed by atoms with E-state index in [0.717, 1.165) is 0 Å². The number of amides is 1. The number of ether oxygens (including phenoxy) is 1. The van der Waals surface area contributed by atoms with Gasteiger partial charge in [0.25, 0.3) is 0 Å². The maximum absolute atomic E-state index is 11.7. The monoisotopic (exact) mass is 237 g/mol. The van der Waals surface area contributed by atoms with Crippen LogP contribution >= 0.6 is 0 Å². The van der Waals surface area contributed by atoms with E-state index in [4.69, 9.17) is 4.74 Å². The Labute approximate surface area is 102 Å². The third-order valence-electron chi connectivity index (χ3n) is 2.04. The van der Waals surface area contributed by atoms with Crippen molar-refractivity contribution in [2.24, 2.45) is 0 Å². The molecule has 4 nitrogen and oxygen atoms in total. The highest BCUT2D eigenvalue weighted by molar-refractivity contribution is 5.91. The molecule has 0 radical (unpaired) electrons. The van der Waals surface area contributed by atoms with Crippen molar-refractivity contribution in [3.63, 3.8) is 0 Å². The maximum atomic E-state index is 11.7. The lowest BCUT2D eigenvalue weighted by Crippen LogP contribution is -2.35. The van der Waals surface area contributed by atoms with Gasteiger partial charge in [-0.3, -0.25) is 4.79 Å². The third kappa shape index (κ3) is 5.47. The highest BCUT2D eigenvalue weighted by atomic mass is 16.6. The molecule has 1 unspecified atom stereocenters. The van der Waals surface area contributed by atoms with Gasteiger partial charge in [0.05, 0.1) is 12.5 Å². The molecule has 94 valence electrons. The lowest BCUT2D eigenvalue weighted by Gasteiger charge is -2.25. The number of aliphatic hydroxyl groups is 1. The summed E-state index contributed by atoms with van der Waals surface area (Å²) in [5.74, 6) is -1.71. The smallest absolute Gasteiger partial charge is 0.229 e. The van der Waals surface area contributed by atoms with Crippen molar-refractivity contribution < 1.29 is 14.6 Å². The Kier molecular flexibility index (Phi) is 4.66. The van der Waals surface area contributed by atoms with Gasteiger partial charge in [0.2, 0.25) is 5.91 Å². The van der Waals surface area contributed by atoms with E-state index in [9.17, 15) is 9.90 Å².